The number of aromatic nitrogens is 2. The Bertz CT molecular complexity index is 342. The second-order valence-corrected chi connectivity index (χ2v) is 5.14. The Hall–Kier alpha value is 0.0600. The van der Waals surface area contributed by atoms with Gasteiger partial charge in [0.1, 0.15) is 11.0 Å². The molecule has 1 aliphatic heterocycles. The first-order valence-corrected chi connectivity index (χ1v) is 6.50. The molecule has 1 aromatic heterocycles. The molecule has 2 rings (SSSR count). The molecule has 0 spiro atoms. The van der Waals surface area contributed by atoms with Crippen molar-refractivity contribution in [2.45, 2.75) is 31.8 Å². The number of rotatable bonds is 2. The molecule has 2 heterocycles. The fourth-order valence-electron chi connectivity index (χ4n) is 1.65. The number of hydrogen-bond acceptors (Lipinski definition) is 3. The van der Waals surface area contributed by atoms with Gasteiger partial charge in [-0.05, 0) is 41.9 Å². The molecular formula is C10H12ClIN2O. The zero-order chi connectivity index (χ0) is 10.7. The normalized spacial score (nSPS) is 21.6. The average Bonchev–Trinajstić information content (AvgIpc) is 2.25. The number of halogens is 2. The van der Waals surface area contributed by atoms with Gasteiger partial charge in [0, 0.05) is 19.2 Å². The van der Waals surface area contributed by atoms with Gasteiger partial charge in [-0.1, -0.05) is 11.6 Å². The van der Waals surface area contributed by atoms with Gasteiger partial charge in [0.25, 0.3) is 0 Å². The van der Waals surface area contributed by atoms with Crippen molar-refractivity contribution < 1.29 is 4.74 Å². The predicted molar refractivity (Wildman–Crippen MR) is 67.1 cm³/mol. The van der Waals surface area contributed by atoms with Crippen molar-refractivity contribution >= 4 is 34.2 Å². The number of hydrogen-bond donors (Lipinski definition) is 0. The van der Waals surface area contributed by atoms with Crippen LogP contribution in [0.5, 0.6) is 0 Å². The summed E-state index contributed by atoms with van der Waals surface area (Å²) in [6.45, 7) is 0.864. The maximum Gasteiger partial charge on any atom is 0.146 e. The van der Waals surface area contributed by atoms with Crippen LogP contribution in [0.3, 0.4) is 0 Å². The fraction of sp³-hybridized carbons (Fsp3) is 0.600. The van der Waals surface area contributed by atoms with E-state index in [1.165, 1.54) is 12.8 Å². The van der Waals surface area contributed by atoms with E-state index in [4.69, 9.17) is 16.3 Å². The van der Waals surface area contributed by atoms with E-state index in [9.17, 15) is 0 Å². The minimum Gasteiger partial charge on any atom is -0.378 e. The molecule has 1 aliphatic rings. The first-order chi connectivity index (χ1) is 7.25. The zero-order valence-electron chi connectivity index (χ0n) is 8.25. The summed E-state index contributed by atoms with van der Waals surface area (Å²) in [5.74, 6) is 0.785. The second kappa shape index (κ2) is 5.41. The first-order valence-electron chi connectivity index (χ1n) is 5.04. The summed E-state index contributed by atoms with van der Waals surface area (Å²) in [4.78, 5) is 8.48. The highest BCUT2D eigenvalue weighted by Crippen LogP contribution is 2.18. The van der Waals surface area contributed by atoms with Gasteiger partial charge in [-0.3, -0.25) is 0 Å². The van der Waals surface area contributed by atoms with Crippen LogP contribution in [-0.2, 0) is 11.2 Å². The lowest BCUT2D eigenvalue weighted by atomic mass is 10.1. The molecule has 0 N–H and O–H groups in total. The third-order valence-corrected chi connectivity index (χ3v) is 3.83. The molecule has 82 valence electrons. The Balaban J connectivity index is 2.00. The van der Waals surface area contributed by atoms with Crippen LogP contribution >= 0.6 is 34.2 Å². The molecule has 3 nitrogen and oxygen atoms in total. The molecule has 5 heteroatoms. The molecule has 1 atom stereocenters. The molecule has 0 aromatic carbocycles. The van der Waals surface area contributed by atoms with Crippen LogP contribution < -0.4 is 0 Å². The summed E-state index contributed by atoms with van der Waals surface area (Å²) in [6, 6.07) is 0. The van der Waals surface area contributed by atoms with Crippen LogP contribution in [0.2, 0.25) is 5.15 Å². The van der Waals surface area contributed by atoms with Gasteiger partial charge in [0.2, 0.25) is 0 Å². The minimum absolute atomic E-state index is 0.273. The third kappa shape index (κ3) is 3.26. The minimum atomic E-state index is 0.273. The molecule has 0 radical (unpaired) electrons. The lowest BCUT2D eigenvalue weighted by Crippen LogP contribution is -2.22. The highest BCUT2D eigenvalue weighted by Gasteiger charge is 2.16. The average molecular weight is 339 g/mol. The molecule has 0 saturated carbocycles. The van der Waals surface area contributed by atoms with Gasteiger partial charge in [0.05, 0.1) is 9.67 Å². The van der Waals surface area contributed by atoms with Crippen molar-refractivity contribution in [1.29, 1.82) is 0 Å². The molecule has 0 bridgehead atoms. The topological polar surface area (TPSA) is 35.0 Å². The third-order valence-electron chi connectivity index (χ3n) is 2.44. The van der Waals surface area contributed by atoms with Gasteiger partial charge < -0.3 is 4.74 Å². The van der Waals surface area contributed by atoms with Crippen molar-refractivity contribution in [3.05, 3.63) is 20.7 Å². The fourth-order valence-corrected chi connectivity index (χ4v) is 2.06. The molecule has 1 fully saturated rings. The van der Waals surface area contributed by atoms with Gasteiger partial charge in [0.15, 0.2) is 0 Å². The van der Waals surface area contributed by atoms with E-state index in [0.29, 0.717) is 5.15 Å². The molecule has 1 aromatic rings. The van der Waals surface area contributed by atoms with E-state index in [0.717, 1.165) is 28.8 Å². The van der Waals surface area contributed by atoms with E-state index >= 15 is 0 Å². The zero-order valence-corrected chi connectivity index (χ0v) is 11.2. The maximum absolute atomic E-state index is 5.93. The van der Waals surface area contributed by atoms with Crippen LogP contribution in [0.1, 0.15) is 25.1 Å². The van der Waals surface area contributed by atoms with Gasteiger partial charge in [-0.25, -0.2) is 9.97 Å². The van der Waals surface area contributed by atoms with Crippen molar-refractivity contribution in [1.82, 2.24) is 9.97 Å². The summed E-state index contributed by atoms with van der Waals surface area (Å²) >= 11 is 8.06. The highest BCUT2D eigenvalue weighted by atomic mass is 127. The van der Waals surface area contributed by atoms with Crippen molar-refractivity contribution in [3.8, 4) is 0 Å². The Morgan fingerprint density at radius 1 is 1.53 bits per heavy atom. The summed E-state index contributed by atoms with van der Waals surface area (Å²) < 4.78 is 6.52. The Morgan fingerprint density at radius 2 is 2.40 bits per heavy atom. The largest absolute Gasteiger partial charge is 0.378 e. The van der Waals surface area contributed by atoms with E-state index in [1.807, 2.05) is 0 Å². The maximum atomic E-state index is 5.93. The molecule has 1 unspecified atom stereocenters. The smallest absolute Gasteiger partial charge is 0.146 e. The van der Waals surface area contributed by atoms with Crippen LogP contribution in [0.4, 0.5) is 0 Å². The molecule has 15 heavy (non-hydrogen) atoms. The Morgan fingerprint density at radius 3 is 3.07 bits per heavy atom. The monoisotopic (exact) mass is 338 g/mol. The SMILES string of the molecule is Clc1nc(CC2CCCCO2)ncc1I. The first kappa shape index (κ1) is 11.5. The number of ether oxygens (including phenoxy) is 1. The van der Waals surface area contributed by atoms with Crippen molar-refractivity contribution in [2.75, 3.05) is 6.61 Å². The van der Waals surface area contributed by atoms with Gasteiger partial charge in [-0.15, -0.1) is 0 Å². The van der Waals surface area contributed by atoms with Crippen LogP contribution in [0.25, 0.3) is 0 Å². The van der Waals surface area contributed by atoms with Crippen LogP contribution in [-0.4, -0.2) is 22.7 Å². The van der Waals surface area contributed by atoms with E-state index in [-0.39, 0.29) is 6.10 Å². The highest BCUT2D eigenvalue weighted by molar-refractivity contribution is 14.1. The lowest BCUT2D eigenvalue weighted by Gasteiger charge is -2.21. The van der Waals surface area contributed by atoms with Gasteiger partial charge >= 0.3 is 0 Å². The van der Waals surface area contributed by atoms with E-state index in [1.54, 1.807) is 6.20 Å². The van der Waals surface area contributed by atoms with Crippen LogP contribution in [0, 0.1) is 3.57 Å². The second-order valence-electron chi connectivity index (χ2n) is 3.62. The summed E-state index contributed by atoms with van der Waals surface area (Å²) in [5, 5.41) is 0.538. The summed E-state index contributed by atoms with van der Waals surface area (Å²) in [7, 11) is 0. The van der Waals surface area contributed by atoms with E-state index < -0.39 is 0 Å². The summed E-state index contributed by atoms with van der Waals surface area (Å²) in [5.41, 5.74) is 0. The Kier molecular flexibility index (Phi) is 4.16. The van der Waals surface area contributed by atoms with Crippen LogP contribution in [0.15, 0.2) is 6.20 Å². The van der Waals surface area contributed by atoms with Crippen molar-refractivity contribution in [2.24, 2.45) is 0 Å². The molecule has 0 amide bonds. The van der Waals surface area contributed by atoms with E-state index in [2.05, 4.69) is 32.6 Å². The summed E-state index contributed by atoms with van der Waals surface area (Å²) in [6.07, 6.45) is 6.32. The molecule has 0 aliphatic carbocycles. The standard InChI is InChI=1S/C10H12ClIN2O/c11-10-8(12)6-13-9(14-10)5-7-3-1-2-4-15-7/h6-7H,1-5H2. The number of nitrogens with zero attached hydrogens (tertiary/aromatic N) is 2. The lowest BCUT2D eigenvalue weighted by molar-refractivity contribution is 0.0156. The Labute approximate surface area is 108 Å². The van der Waals surface area contributed by atoms with Gasteiger partial charge in [-0.2, -0.15) is 0 Å². The molecular weight excluding hydrogens is 326 g/mol. The predicted octanol–water partition coefficient (Wildman–Crippen LogP) is 2.85. The van der Waals surface area contributed by atoms with Crippen molar-refractivity contribution in [3.63, 3.8) is 0 Å². The quantitative estimate of drug-likeness (QED) is 0.614. The molecule has 1 saturated heterocycles.